The molecule has 0 saturated heterocycles. The molecule has 1 nitrogen and oxygen atoms in total. The fourth-order valence-electron chi connectivity index (χ4n) is 4.00. The molecule has 0 aromatic carbocycles. The average Bonchev–Trinajstić information content (AvgIpc) is 2.28. The average molecular weight is 231 g/mol. The predicted octanol–water partition coefficient (Wildman–Crippen LogP) is 4.70. The molecule has 1 fully saturated rings. The van der Waals surface area contributed by atoms with Gasteiger partial charge in [0.25, 0.3) is 0 Å². The number of fused-ring (bicyclic) bond motifs is 1. The van der Waals surface area contributed by atoms with Gasteiger partial charge in [-0.3, -0.25) is 0 Å². The Labute approximate surface area is 106 Å². The van der Waals surface area contributed by atoms with Crippen LogP contribution in [0.5, 0.6) is 0 Å². The van der Waals surface area contributed by atoms with E-state index in [4.69, 9.17) is 6.57 Å². The summed E-state index contributed by atoms with van der Waals surface area (Å²) in [5, 5.41) is 0. The van der Waals surface area contributed by atoms with Crippen molar-refractivity contribution >= 4 is 0 Å². The number of hydrogen-bond acceptors (Lipinski definition) is 0. The lowest BCUT2D eigenvalue weighted by molar-refractivity contribution is 0.0861. The summed E-state index contributed by atoms with van der Waals surface area (Å²) in [7, 11) is 0. The molecular formula is C16H25N. The Balaban J connectivity index is 2.33. The molecule has 0 bridgehead atoms. The van der Waals surface area contributed by atoms with Gasteiger partial charge in [0.1, 0.15) is 0 Å². The van der Waals surface area contributed by atoms with Gasteiger partial charge in [-0.05, 0) is 43.9 Å². The summed E-state index contributed by atoms with van der Waals surface area (Å²) >= 11 is 0. The topological polar surface area (TPSA) is 4.36 Å². The van der Waals surface area contributed by atoms with E-state index in [1.807, 2.05) is 0 Å². The summed E-state index contributed by atoms with van der Waals surface area (Å²) < 4.78 is 0. The maximum Gasteiger partial charge on any atom is 0.233 e. The van der Waals surface area contributed by atoms with Gasteiger partial charge in [0, 0.05) is 19.3 Å². The van der Waals surface area contributed by atoms with Crippen molar-refractivity contribution in [2.75, 3.05) is 0 Å². The molecule has 4 atom stereocenters. The molecular weight excluding hydrogens is 206 g/mol. The molecule has 0 unspecified atom stereocenters. The van der Waals surface area contributed by atoms with Crippen LogP contribution in [0.3, 0.4) is 0 Å². The van der Waals surface area contributed by atoms with Crippen molar-refractivity contribution in [1.29, 1.82) is 0 Å². The van der Waals surface area contributed by atoms with Gasteiger partial charge in [0.2, 0.25) is 5.54 Å². The van der Waals surface area contributed by atoms with Gasteiger partial charge >= 0.3 is 0 Å². The van der Waals surface area contributed by atoms with E-state index in [-0.39, 0.29) is 5.54 Å². The summed E-state index contributed by atoms with van der Waals surface area (Å²) in [6.07, 6.45) is 7.28. The van der Waals surface area contributed by atoms with Crippen LogP contribution < -0.4 is 0 Å². The molecule has 2 aliphatic rings. The highest BCUT2D eigenvalue weighted by molar-refractivity contribution is 5.17. The van der Waals surface area contributed by atoms with Crippen LogP contribution >= 0.6 is 0 Å². The molecule has 0 radical (unpaired) electrons. The van der Waals surface area contributed by atoms with E-state index in [0.717, 1.165) is 18.3 Å². The summed E-state index contributed by atoms with van der Waals surface area (Å²) in [6.45, 7) is 16.7. The Morgan fingerprint density at radius 3 is 2.71 bits per heavy atom. The Morgan fingerprint density at radius 2 is 2.12 bits per heavy atom. The van der Waals surface area contributed by atoms with Crippen LogP contribution in [-0.2, 0) is 0 Å². The molecule has 2 aliphatic carbocycles. The van der Waals surface area contributed by atoms with E-state index in [1.54, 1.807) is 5.57 Å². The molecule has 0 N–H and O–H groups in total. The third kappa shape index (κ3) is 2.15. The zero-order valence-electron chi connectivity index (χ0n) is 11.7. The minimum atomic E-state index is -0.0900. The molecule has 0 heterocycles. The maximum atomic E-state index is 7.54. The van der Waals surface area contributed by atoms with Crippen molar-refractivity contribution in [3.05, 3.63) is 23.1 Å². The third-order valence-electron chi connectivity index (χ3n) is 5.18. The van der Waals surface area contributed by atoms with Crippen LogP contribution in [0.4, 0.5) is 0 Å². The first-order chi connectivity index (χ1) is 7.98. The summed E-state index contributed by atoms with van der Waals surface area (Å²) in [5.41, 5.74) is 1.46. The van der Waals surface area contributed by atoms with E-state index >= 15 is 0 Å². The molecule has 0 aliphatic heterocycles. The molecule has 1 saturated carbocycles. The van der Waals surface area contributed by atoms with Crippen LogP contribution in [0.2, 0.25) is 0 Å². The maximum absolute atomic E-state index is 7.54. The molecule has 1 heteroatoms. The van der Waals surface area contributed by atoms with E-state index in [0.29, 0.717) is 11.8 Å². The summed E-state index contributed by atoms with van der Waals surface area (Å²) in [5.74, 6) is 2.81. The Morgan fingerprint density at radius 1 is 1.41 bits per heavy atom. The fourth-order valence-corrected chi connectivity index (χ4v) is 4.00. The van der Waals surface area contributed by atoms with Gasteiger partial charge in [0.15, 0.2) is 0 Å². The molecule has 94 valence electrons. The Bertz CT molecular complexity index is 360. The lowest BCUT2D eigenvalue weighted by Gasteiger charge is -2.45. The highest BCUT2D eigenvalue weighted by Crippen LogP contribution is 2.51. The smallest absolute Gasteiger partial charge is 0.233 e. The molecule has 0 amide bonds. The third-order valence-corrected chi connectivity index (χ3v) is 5.18. The highest BCUT2D eigenvalue weighted by atomic mass is 14.8. The van der Waals surface area contributed by atoms with Crippen LogP contribution in [-0.4, -0.2) is 5.54 Å². The van der Waals surface area contributed by atoms with Crippen molar-refractivity contribution in [3.8, 4) is 0 Å². The zero-order valence-corrected chi connectivity index (χ0v) is 11.7. The largest absolute Gasteiger partial charge is 0.310 e. The second kappa shape index (κ2) is 4.48. The molecule has 17 heavy (non-hydrogen) atoms. The first kappa shape index (κ1) is 12.7. The van der Waals surface area contributed by atoms with Crippen LogP contribution in [0.1, 0.15) is 53.4 Å². The van der Waals surface area contributed by atoms with Crippen molar-refractivity contribution in [1.82, 2.24) is 0 Å². The summed E-state index contributed by atoms with van der Waals surface area (Å²) in [4.78, 5) is 4.00. The molecule has 0 aromatic heterocycles. The molecule has 2 rings (SSSR count). The number of allylic oxidation sites excluding steroid dienone is 2. The Hall–Kier alpha value is -0.770. The van der Waals surface area contributed by atoms with Crippen LogP contribution in [0.15, 0.2) is 11.6 Å². The lowest BCUT2D eigenvalue weighted by atomic mass is 9.57. The van der Waals surface area contributed by atoms with Gasteiger partial charge in [-0.1, -0.05) is 25.5 Å². The van der Waals surface area contributed by atoms with Crippen molar-refractivity contribution in [2.24, 2.45) is 23.7 Å². The van der Waals surface area contributed by atoms with E-state index in [9.17, 15) is 0 Å². The van der Waals surface area contributed by atoms with Crippen LogP contribution in [0.25, 0.3) is 4.85 Å². The highest BCUT2D eigenvalue weighted by Gasteiger charge is 2.51. The van der Waals surface area contributed by atoms with Crippen LogP contribution in [0, 0.1) is 30.2 Å². The van der Waals surface area contributed by atoms with Gasteiger partial charge < -0.3 is 4.85 Å². The number of nitrogens with zero attached hydrogens (tertiary/aromatic N) is 1. The van der Waals surface area contributed by atoms with Crippen molar-refractivity contribution in [3.63, 3.8) is 0 Å². The Kier molecular flexibility index (Phi) is 3.34. The fraction of sp³-hybridized carbons (Fsp3) is 0.812. The summed E-state index contributed by atoms with van der Waals surface area (Å²) in [6, 6.07) is 0. The standard InChI is InChI=1S/C16H25N/c1-11(2)13-8-9-16(4,17-5)15-7-6-12(3)10-14(13)15/h10-11,13-15H,6-9H2,1-4H3/t13-,14+,15+,16-/m1/s1. The first-order valence-electron chi connectivity index (χ1n) is 7.04. The van der Waals surface area contributed by atoms with Crippen molar-refractivity contribution < 1.29 is 0 Å². The monoisotopic (exact) mass is 231 g/mol. The molecule has 0 spiro atoms. The van der Waals surface area contributed by atoms with E-state index in [1.165, 1.54) is 19.3 Å². The SMILES string of the molecule is [C-]#[N+][C@]1(C)CC[C@H](C(C)C)[C@@H]2C=C(C)CC[C@@H]21. The molecule has 0 aromatic rings. The second-order valence-corrected chi connectivity index (χ2v) is 6.65. The minimum Gasteiger partial charge on any atom is -0.310 e. The number of rotatable bonds is 1. The van der Waals surface area contributed by atoms with Gasteiger partial charge in [-0.25, -0.2) is 6.57 Å². The van der Waals surface area contributed by atoms with Crippen molar-refractivity contribution in [2.45, 2.75) is 58.9 Å². The van der Waals surface area contributed by atoms with E-state index < -0.39 is 0 Å². The second-order valence-electron chi connectivity index (χ2n) is 6.65. The predicted molar refractivity (Wildman–Crippen MR) is 72.5 cm³/mol. The first-order valence-corrected chi connectivity index (χ1v) is 7.04. The van der Waals surface area contributed by atoms with Gasteiger partial charge in [0.05, 0.1) is 0 Å². The number of hydrogen-bond donors (Lipinski definition) is 0. The normalized spacial score (nSPS) is 41.6. The lowest BCUT2D eigenvalue weighted by Crippen LogP contribution is -2.46. The van der Waals surface area contributed by atoms with Gasteiger partial charge in [-0.15, -0.1) is 0 Å². The minimum absolute atomic E-state index is 0.0900. The zero-order chi connectivity index (χ0) is 12.6. The van der Waals surface area contributed by atoms with Gasteiger partial charge in [-0.2, -0.15) is 0 Å². The van der Waals surface area contributed by atoms with E-state index in [2.05, 4.69) is 38.6 Å². The quantitative estimate of drug-likeness (QED) is 0.455.